The summed E-state index contributed by atoms with van der Waals surface area (Å²) in [5.41, 5.74) is -1.15. The molecule has 1 aliphatic heterocycles. The van der Waals surface area contributed by atoms with Gasteiger partial charge in [0.05, 0.1) is 22.0 Å². The number of carbonyl (C=O) groups is 1. The minimum atomic E-state index is -2.33. The molecule has 0 fully saturated rings. The third kappa shape index (κ3) is 4.02. The number of benzene rings is 2. The van der Waals surface area contributed by atoms with E-state index in [1.807, 2.05) is 22.6 Å². The van der Waals surface area contributed by atoms with Gasteiger partial charge < -0.3 is 9.47 Å². The zero-order chi connectivity index (χ0) is 23.7. The van der Waals surface area contributed by atoms with Crippen LogP contribution in [-0.4, -0.2) is 25.3 Å². The second-order valence-corrected chi connectivity index (χ2v) is 7.47. The molecule has 0 N–H and O–H groups in total. The van der Waals surface area contributed by atoms with Crippen molar-refractivity contribution >= 4 is 46.0 Å². The summed E-state index contributed by atoms with van der Waals surface area (Å²) in [6.07, 6.45) is 6.53. The molecule has 0 saturated carbocycles. The van der Waals surface area contributed by atoms with Gasteiger partial charge in [-0.2, -0.15) is 10.1 Å². The van der Waals surface area contributed by atoms with Crippen LogP contribution in [0.15, 0.2) is 22.8 Å². The summed E-state index contributed by atoms with van der Waals surface area (Å²) in [7, 11) is 1.39. The van der Waals surface area contributed by atoms with Crippen LogP contribution in [0, 0.1) is 45.0 Å². The van der Waals surface area contributed by atoms with E-state index in [0.29, 0.717) is 20.6 Å². The van der Waals surface area contributed by atoms with Gasteiger partial charge in [0.25, 0.3) is 5.91 Å². The summed E-state index contributed by atoms with van der Waals surface area (Å²) >= 11 is 1.96. The number of methoxy groups -OCH3 is 1. The summed E-state index contributed by atoms with van der Waals surface area (Å²) < 4.78 is 80.1. The van der Waals surface area contributed by atoms with Crippen molar-refractivity contribution in [3.63, 3.8) is 0 Å². The molecular formula is C21H12F5IN2O3. The fourth-order valence-electron chi connectivity index (χ4n) is 2.86. The Morgan fingerprint density at radius 3 is 2.28 bits per heavy atom. The van der Waals surface area contributed by atoms with Crippen molar-refractivity contribution in [1.29, 1.82) is 0 Å². The highest BCUT2D eigenvalue weighted by atomic mass is 127. The maximum absolute atomic E-state index is 14.2. The van der Waals surface area contributed by atoms with Crippen molar-refractivity contribution < 1.29 is 36.2 Å². The first-order chi connectivity index (χ1) is 15.1. The molecular weight excluding hydrogens is 550 g/mol. The first-order valence-corrected chi connectivity index (χ1v) is 9.77. The lowest BCUT2D eigenvalue weighted by Gasteiger charge is -2.15. The number of rotatable bonds is 5. The van der Waals surface area contributed by atoms with Crippen molar-refractivity contribution in [3.8, 4) is 23.8 Å². The molecule has 0 aliphatic carbocycles. The van der Waals surface area contributed by atoms with Gasteiger partial charge in [-0.1, -0.05) is 5.92 Å². The lowest BCUT2D eigenvalue weighted by atomic mass is 10.1. The predicted octanol–water partition coefficient (Wildman–Crippen LogP) is 4.81. The summed E-state index contributed by atoms with van der Waals surface area (Å²) in [6, 6.07) is 3.13. The van der Waals surface area contributed by atoms with E-state index in [1.54, 1.807) is 6.07 Å². The van der Waals surface area contributed by atoms with Crippen LogP contribution < -0.4 is 14.5 Å². The number of halogens is 6. The number of carbonyl (C=O) groups excluding carboxylic acids is 1. The van der Waals surface area contributed by atoms with Crippen molar-refractivity contribution in [2.24, 2.45) is 5.10 Å². The number of anilines is 1. The molecule has 0 unspecified atom stereocenters. The first kappa shape index (κ1) is 23.5. The van der Waals surface area contributed by atoms with Crippen molar-refractivity contribution in [2.45, 2.75) is 6.92 Å². The molecule has 11 heteroatoms. The number of hydrogen-bond acceptors (Lipinski definition) is 4. The fourth-order valence-corrected chi connectivity index (χ4v) is 3.64. The number of nitrogens with zero attached hydrogens (tertiary/aromatic N) is 2. The Kier molecular flexibility index (Phi) is 6.73. The molecule has 2 aromatic rings. The highest BCUT2D eigenvalue weighted by Gasteiger charge is 2.37. The van der Waals surface area contributed by atoms with Crippen LogP contribution in [0.4, 0.5) is 27.6 Å². The Labute approximate surface area is 192 Å². The van der Waals surface area contributed by atoms with E-state index in [4.69, 9.17) is 15.9 Å². The van der Waals surface area contributed by atoms with E-state index < -0.39 is 40.7 Å². The van der Waals surface area contributed by atoms with E-state index in [-0.39, 0.29) is 22.9 Å². The Hall–Kier alpha value is -3.14. The van der Waals surface area contributed by atoms with Gasteiger partial charge >= 0.3 is 0 Å². The normalized spacial score (nSPS) is 14.6. The lowest BCUT2D eigenvalue weighted by Crippen LogP contribution is -2.25. The second kappa shape index (κ2) is 9.15. The SMILES string of the molecule is C#CCOc1c(I)cc(/C=C2/C(=O)N(c3c(F)c(F)c(F)c(F)c3F)N=C2C)cc1OC. The van der Waals surface area contributed by atoms with Crippen LogP contribution in [0.3, 0.4) is 0 Å². The molecule has 166 valence electrons. The van der Waals surface area contributed by atoms with Crippen LogP contribution in [0.2, 0.25) is 0 Å². The Bertz CT molecular complexity index is 1210. The third-order valence-electron chi connectivity index (χ3n) is 4.32. The molecule has 0 atom stereocenters. The van der Waals surface area contributed by atoms with Crippen LogP contribution >= 0.6 is 22.6 Å². The Morgan fingerprint density at radius 2 is 1.72 bits per heavy atom. The van der Waals surface area contributed by atoms with E-state index in [1.165, 1.54) is 26.2 Å². The maximum atomic E-state index is 14.2. The van der Waals surface area contributed by atoms with Gasteiger partial charge in [0.15, 0.2) is 34.8 Å². The second-order valence-electron chi connectivity index (χ2n) is 6.31. The molecule has 0 bridgehead atoms. The zero-order valence-corrected chi connectivity index (χ0v) is 18.6. The van der Waals surface area contributed by atoms with E-state index in [2.05, 4.69) is 11.0 Å². The molecule has 0 saturated heterocycles. The van der Waals surface area contributed by atoms with Crippen molar-refractivity contribution in [3.05, 3.63) is 55.9 Å². The van der Waals surface area contributed by atoms with E-state index in [0.717, 1.165) is 0 Å². The molecule has 32 heavy (non-hydrogen) atoms. The van der Waals surface area contributed by atoms with Crippen LogP contribution in [0.1, 0.15) is 12.5 Å². The van der Waals surface area contributed by atoms with Gasteiger partial charge in [0.2, 0.25) is 5.82 Å². The average Bonchev–Trinajstić information content (AvgIpc) is 3.03. The molecule has 0 spiro atoms. The smallest absolute Gasteiger partial charge is 0.280 e. The molecule has 0 aromatic heterocycles. The Balaban J connectivity index is 2.05. The monoisotopic (exact) mass is 562 g/mol. The number of amides is 1. The minimum absolute atomic E-state index is 0.000532. The third-order valence-corrected chi connectivity index (χ3v) is 5.12. The topological polar surface area (TPSA) is 51.1 Å². The molecule has 3 rings (SSSR count). The Morgan fingerprint density at radius 1 is 1.12 bits per heavy atom. The van der Waals surface area contributed by atoms with Crippen LogP contribution in [0.5, 0.6) is 11.5 Å². The number of terminal acetylenes is 1. The first-order valence-electron chi connectivity index (χ1n) is 8.69. The van der Waals surface area contributed by atoms with Crippen LogP contribution in [-0.2, 0) is 4.79 Å². The minimum Gasteiger partial charge on any atom is -0.493 e. The van der Waals surface area contributed by atoms with Gasteiger partial charge in [-0.3, -0.25) is 4.79 Å². The average molecular weight is 562 g/mol. The summed E-state index contributed by atoms with van der Waals surface area (Å²) in [6.45, 7) is 1.34. The van der Waals surface area contributed by atoms with Gasteiger partial charge in [-0.25, -0.2) is 22.0 Å². The number of hydrogen-bond donors (Lipinski definition) is 0. The zero-order valence-electron chi connectivity index (χ0n) is 16.4. The van der Waals surface area contributed by atoms with Gasteiger partial charge in [0, 0.05) is 0 Å². The fraction of sp³-hybridized carbons (Fsp3) is 0.143. The van der Waals surface area contributed by atoms with Crippen molar-refractivity contribution in [2.75, 3.05) is 18.7 Å². The summed E-state index contributed by atoms with van der Waals surface area (Å²) in [5, 5.41) is 3.83. The molecule has 1 aliphatic rings. The van der Waals surface area contributed by atoms with Gasteiger partial charge in [-0.05, 0) is 53.3 Å². The number of ether oxygens (including phenoxy) is 2. The molecule has 5 nitrogen and oxygen atoms in total. The summed E-state index contributed by atoms with van der Waals surface area (Å²) in [5.74, 6) is -9.11. The van der Waals surface area contributed by atoms with Gasteiger partial charge in [0.1, 0.15) is 12.3 Å². The quantitative estimate of drug-likeness (QED) is 0.131. The van der Waals surface area contributed by atoms with E-state index in [9.17, 15) is 26.7 Å². The van der Waals surface area contributed by atoms with Crippen molar-refractivity contribution in [1.82, 2.24) is 0 Å². The van der Waals surface area contributed by atoms with Gasteiger partial charge in [-0.15, -0.1) is 6.42 Å². The van der Waals surface area contributed by atoms with E-state index >= 15 is 0 Å². The highest BCUT2D eigenvalue weighted by molar-refractivity contribution is 14.1. The predicted molar refractivity (Wildman–Crippen MR) is 115 cm³/mol. The number of hydrazone groups is 1. The largest absolute Gasteiger partial charge is 0.493 e. The molecule has 2 aromatic carbocycles. The lowest BCUT2D eigenvalue weighted by molar-refractivity contribution is -0.114. The highest BCUT2D eigenvalue weighted by Crippen LogP contribution is 2.36. The molecule has 1 heterocycles. The molecule has 0 radical (unpaired) electrons. The standard InChI is InChI=1S/C21H12F5IN2O3/c1-4-5-32-20-12(27)7-10(8-13(20)31-3)6-11-9(2)28-29(21(11)30)19-17(25)15(23)14(22)16(24)18(19)26/h1,6-8H,5H2,2-3H3/b11-6+. The molecule has 1 amide bonds. The summed E-state index contributed by atoms with van der Waals surface area (Å²) in [4.78, 5) is 12.8. The maximum Gasteiger partial charge on any atom is 0.280 e. The van der Waals surface area contributed by atoms with Crippen LogP contribution in [0.25, 0.3) is 6.08 Å².